The van der Waals surface area contributed by atoms with Crippen LogP contribution in [-0.2, 0) is 4.79 Å². The van der Waals surface area contributed by atoms with Gasteiger partial charge in [0.2, 0.25) is 6.41 Å². The number of aromatic amines is 1. The number of nitrogens with zero attached hydrogens (tertiary/aromatic N) is 2. The van der Waals surface area contributed by atoms with E-state index >= 15 is 0 Å². The normalized spacial score (nSPS) is 10.7. The number of amides is 1. The Morgan fingerprint density at radius 1 is 0.960 bits per heavy atom. The third-order valence-electron chi connectivity index (χ3n) is 4.12. The molecule has 0 saturated heterocycles. The summed E-state index contributed by atoms with van der Waals surface area (Å²) in [6.07, 6.45) is 0.693. The first-order valence-electron chi connectivity index (χ1n) is 7.84. The Labute approximate surface area is 144 Å². The van der Waals surface area contributed by atoms with Crippen LogP contribution in [0.5, 0.6) is 5.75 Å². The number of fused-ring (bicyclic) bond motifs is 1. The van der Waals surface area contributed by atoms with Crippen molar-refractivity contribution in [3.63, 3.8) is 0 Å². The minimum Gasteiger partial charge on any atom is -0.506 e. The SMILES string of the molecule is O=CN(c1ccc2[nH]nc(-c3ccccc3)c2c1)c1ccccc1O. The molecule has 0 aliphatic heterocycles. The standard InChI is InChI=1S/C20H15N3O2/c24-13-23(18-8-4-5-9-19(18)25)15-10-11-17-16(12-15)20(22-21-17)14-6-2-1-3-7-14/h1-13,25H,(H,21,22). The van der Waals surface area contributed by atoms with Gasteiger partial charge in [0.05, 0.1) is 16.9 Å². The predicted molar refractivity (Wildman–Crippen MR) is 97.8 cm³/mol. The lowest BCUT2D eigenvalue weighted by Gasteiger charge is -2.18. The number of phenols is 1. The number of H-pyrrole nitrogens is 1. The van der Waals surface area contributed by atoms with E-state index in [2.05, 4.69) is 10.2 Å². The van der Waals surface area contributed by atoms with Crippen molar-refractivity contribution in [2.75, 3.05) is 4.90 Å². The Bertz CT molecular complexity index is 1040. The van der Waals surface area contributed by atoms with Crippen molar-refractivity contribution in [2.45, 2.75) is 0 Å². The topological polar surface area (TPSA) is 69.2 Å². The molecule has 2 N–H and O–H groups in total. The van der Waals surface area contributed by atoms with E-state index in [0.29, 0.717) is 17.8 Å². The van der Waals surface area contributed by atoms with Crippen molar-refractivity contribution in [3.05, 3.63) is 72.8 Å². The molecular weight excluding hydrogens is 314 g/mol. The Balaban J connectivity index is 1.86. The lowest BCUT2D eigenvalue weighted by Crippen LogP contribution is -2.13. The van der Waals surface area contributed by atoms with Crippen LogP contribution in [0.2, 0.25) is 0 Å². The van der Waals surface area contributed by atoms with E-state index in [1.807, 2.05) is 48.5 Å². The molecule has 122 valence electrons. The van der Waals surface area contributed by atoms with Crippen molar-refractivity contribution < 1.29 is 9.90 Å². The summed E-state index contributed by atoms with van der Waals surface area (Å²) < 4.78 is 0. The number of rotatable bonds is 4. The smallest absolute Gasteiger partial charge is 0.218 e. The molecule has 0 atom stereocenters. The van der Waals surface area contributed by atoms with E-state index < -0.39 is 0 Å². The van der Waals surface area contributed by atoms with Crippen LogP contribution in [0, 0.1) is 0 Å². The maximum Gasteiger partial charge on any atom is 0.218 e. The van der Waals surface area contributed by atoms with Gasteiger partial charge in [-0.05, 0) is 30.3 Å². The number of hydrogen-bond acceptors (Lipinski definition) is 3. The van der Waals surface area contributed by atoms with Gasteiger partial charge in [0.25, 0.3) is 0 Å². The summed E-state index contributed by atoms with van der Waals surface area (Å²) in [5.74, 6) is 0.0465. The third-order valence-corrected chi connectivity index (χ3v) is 4.12. The first kappa shape index (κ1) is 15.0. The minimum absolute atomic E-state index is 0.0465. The second kappa shape index (κ2) is 6.13. The van der Waals surface area contributed by atoms with Crippen LogP contribution in [0.15, 0.2) is 72.8 Å². The van der Waals surface area contributed by atoms with Gasteiger partial charge in [0.1, 0.15) is 5.75 Å². The number of carbonyl (C=O) groups excluding carboxylic acids is 1. The van der Waals surface area contributed by atoms with Gasteiger partial charge in [-0.2, -0.15) is 5.10 Å². The molecule has 0 unspecified atom stereocenters. The molecule has 25 heavy (non-hydrogen) atoms. The molecule has 0 spiro atoms. The lowest BCUT2D eigenvalue weighted by atomic mass is 10.1. The fourth-order valence-electron chi connectivity index (χ4n) is 2.89. The molecule has 0 fully saturated rings. The monoisotopic (exact) mass is 329 g/mol. The number of aromatic nitrogens is 2. The largest absolute Gasteiger partial charge is 0.506 e. The molecule has 1 heterocycles. The Morgan fingerprint density at radius 2 is 1.72 bits per heavy atom. The molecule has 4 rings (SSSR count). The summed E-state index contributed by atoms with van der Waals surface area (Å²) in [6, 6.07) is 22.2. The van der Waals surface area contributed by atoms with E-state index in [0.717, 1.165) is 22.2 Å². The highest BCUT2D eigenvalue weighted by Gasteiger charge is 2.15. The molecular formula is C20H15N3O2. The number of nitrogens with one attached hydrogen (secondary N) is 1. The Hall–Kier alpha value is -3.60. The van der Waals surface area contributed by atoms with Crippen molar-refractivity contribution in [1.82, 2.24) is 10.2 Å². The number of anilines is 2. The number of hydrogen-bond donors (Lipinski definition) is 2. The first-order chi connectivity index (χ1) is 12.3. The zero-order chi connectivity index (χ0) is 17.2. The van der Waals surface area contributed by atoms with Crippen LogP contribution in [0.3, 0.4) is 0 Å². The fourth-order valence-corrected chi connectivity index (χ4v) is 2.89. The van der Waals surface area contributed by atoms with Gasteiger partial charge in [0, 0.05) is 16.6 Å². The molecule has 1 aromatic heterocycles. The van der Waals surface area contributed by atoms with Crippen molar-refractivity contribution in [2.24, 2.45) is 0 Å². The highest BCUT2D eigenvalue weighted by atomic mass is 16.3. The summed E-state index contributed by atoms with van der Waals surface area (Å²) >= 11 is 0. The summed E-state index contributed by atoms with van der Waals surface area (Å²) in [4.78, 5) is 13.1. The molecule has 3 aromatic carbocycles. The van der Waals surface area contributed by atoms with Gasteiger partial charge in [-0.1, -0.05) is 42.5 Å². The van der Waals surface area contributed by atoms with E-state index in [1.54, 1.807) is 24.3 Å². The van der Waals surface area contributed by atoms with Gasteiger partial charge >= 0.3 is 0 Å². The quantitative estimate of drug-likeness (QED) is 0.551. The van der Waals surface area contributed by atoms with Crippen LogP contribution in [0.25, 0.3) is 22.2 Å². The molecule has 4 aromatic rings. The lowest BCUT2D eigenvalue weighted by molar-refractivity contribution is -0.106. The number of para-hydroxylation sites is 2. The van der Waals surface area contributed by atoms with Crippen molar-refractivity contribution in [3.8, 4) is 17.0 Å². The molecule has 1 amide bonds. The van der Waals surface area contributed by atoms with Crippen LogP contribution >= 0.6 is 0 Å². The third kappa shape index (κ3) is 2.61. The molecule has 5 heteroatoms. The average Bonchev–Trinajstić information content (AvgIpc) is 3.08. The highest BCUT2D eigenvalue weighted by Crippen LogP contribution is 2.35. The van der Waals surface area contributed by atoms with Crippen LogP contribution in [0.4, 0.5) is 11.4 Å². The van der Waals surface area contributed by atoms with Gasteiger partial charge in [-0.25, -0.2) is 0 Å². The van der Waals surface area contributed by atoms with Gasteiger partial charge in [-0.3, -0.25) is 14.8 Å². The highest BCUT2D eigenvalue weighted by molar-refractivity contribution is 5.98. The van der Waals surface area contributed by atoms with Crippen LogP contribution in [-0.4, -0.2) is 21.7 Å². The molecule has 5 nitrogen and oxygen atoms in total. The van der Waals surface area contributed by atoms with E-state index in [4.69, 9.17) is 0 Å². The van der Waals surface area contributed by atoms with Gasteiger partial charge in [-0.15, -0.1) is 0 Å². The fraction of sp³-hybridized carbons (Fsp3) is 0. The van der Waals surface area contributed by atoms with Crippen LogP contribution < -0.4 is 4.90 Å². The number of benzene rings is 3. The summed E-state index contributed by atoms with van der Waals surface area (Å²) in [6.45, 7) is 0. The molecule has 0 radical (unpaired) electrons. The maximum absolute atomic E-state index is 11.7. The molecule has 0 saturated carbocycles. The summed E-state index contributed by atoms with van der Waals surface area (Å²) in [7, 11) is 0. The summed E-state index contributed by atoms with van der Waals surface area (Å²) in [5, 5.41) is 18.4. The second-order valence-corrected chi connectivity index (χ2v) is 5.63. The number of phenolic OH excluding ortho intramolecular Hbond substituents is 1. The Morgan fingerprint density at radius 3 is 2.48 bits per heavy atom. The Kier molecular flexibility index (Phi) is 3.67. The predicted octanol–water partition coefficient (Wildman–Crippen LogP) is 4.23. The van der Waals surface area contributed by atoms with E-state index in [9.17, 15) is 9.90 Å². The molecule has 0 aliphatic rings. The first-order valence-corrected chi connectivity index (χ1v) is 7.84. The second-order valence-electron chi connectivity index (χ2n) is 5.63. The molecule has 0 bridgehead atoms. The number of carbonyl (C=O) groups is 1. The van der Waals surface area contributed by atoms with Crippen LogP contribution in [0.1, 0.15) is 0 Å². The molecule has 0 aliphatic carbocycles. The maximum atomic E-state index is 11.7. The minimum atomic E-state index is 0.0465. The zero-order valence-electron chi connectivity index (χ0n) is 13.3. The van der Waals surface area contributed by atoms with Gasteiger partial charge < -0.3 is 5.11 Å². The number of aromatic hydroxyl groups is 1. The van der Waals surface area contributed by atoms with Gasteiger partial charge in [0.15, 0.2) is 0 Å². The zero-order valence-corrected chi connectivity index (χ0v) is 13.3. The average molecular weight is 329 g/mol. The van der Waals surface area contributed by atoms with E-state index in [1.165, 1.54) is 4.90 Å². The van der Waals surface area contributed by atoms with Crippen molar-refractivity contribution >= 4 is 28.7 Å². The van der Waals surface area contributed by atoms with E-state index in [-0.39, 0.29) is 5.75 Å². The van der Waals surface area contributed by atoms with Crippen molar-refractivity contribution in [1.29, 1.82) is 0 Å². The summed E-state index contributed by atoms with van der Waals surface area (Å²) in [5.41, 5.74) is 3.78.